The van der Waals surface area contributed by atoms with Crippen LogP contribution in [0.2, 0.25) is 0 Å². The van der Waals surface area contributed by atoms with Gasteiger partial charge in [0.15, 0.2) is 0 Å². The highest BCUT2D eigenvalue weighted by Gasteiger charge is 2.17. The Labute approximate surface area is 125 Å². The van der Waals surface area contributed by atoms with Gasteiger partial charge in [-0.2, -0.15) is 0 Å². The van der Waals surface area contributed by atoms with Crippen molar-refractivity contribution in [2.45, 2.75) is 13.0 Å². The lowest BCUT2D eigenvalue weighted by Gasteiger charge is -2.09. The molecule has 0 amide bonds. The number of quaternary nitrogens is 1. The van der Waals surface area contributed by atoms with E-state index in [4.69, 9.17) is 4.74 Å². The zero-order chi connectivity index (χ0) is 13.1. The summed E-state index contributed by atoms with van der Waals surface area (Å²) >= 11 is 0. The molecule has 0 unspecified atom stereocenters. The second-order valence-corrected chi connectivity index (χ2v) is 4.70. The average Bonchev–Trinajstić information content (AvgIpc) is 2.62. The molecule has 0 radical (unpaired) electrons. The van der Waals surface area contributed by atoms with E-state index in [-0.39, 0.29) is 12.4 Å². The Balaban J connectivity index is 0.00000147. The van der Waals surface area contributed by atoms with Gasteiger partial charge in [-0.05, 0) is 22.8 Å². The number of fused-ring (bicyclic) bond motifs is 2. The van der Waals surface area contributed by atoms with Crippen molar-refractivity contribution in [1.82, 2.24) is 0 Å². The van der Waals surface area contributed by atoms with Gasteiger partial charge in [-0.25, -0.2) is 0 Å². The maximum atomic E-state index is 5.93. The standard InChI is InChI=1S/C17H17NO.ClH/c18-11-5-9-15-14-7-2-1-6-13(14)12-19-17-10-4-3-8-16(15)17;/h1-4,6-10H,5,11-12,18H2;1H. The van der Waals surface area contributed by atoms with E-state index in [1.54, 1.807) is 0 Å². The summed E-state index contributed by atoms with van der Waals surface area (Å²) in [5, 5.41) is 0. The number of benzene rings is 2. The lowest BCUT2D eigenvalue weighted by atomic mass is 9.93. The molecule has 0 fully saturated rings. The molecule has 1 aliphatic rings. The lowest BCUT2D eigenvalue weighted by Crippen LogP contribution is -3.00. The van der Waals surface area contributed by atoms with Crippen LogP contribution in [-0.4, -0.2) is 6.54 Å². The molecule has 1 aliphatic heterocycles. The van der Waals surface area contributed by atoms with Crippen LogP contribution in [0.25, 0.3) is 5.57 Å². The highest BCUT2D eigenvalue weighted by molar-refractivity contribution is 5.84. The molecule has 3 N–H and O–H groups in total. The summed E-state index contributed by atoms with van der Waals surface area (Å²) in [6.07, 6.45) is 3.26. The Bertz CT molecular complexity index is 572. The van der Waals surface area contributed by atoms with Gasteiger partial charge in [-0.1, -0.05) is 48.5 Å². The van der Waals surface area contributed by atoms with Crippen molar-refractivity contribution >= 4 is 5.57 Å². The molecule has 0 atom stereocenters. The summed E-state index contributed by atoms with van der Waals surface area (Å²) < 4.78 is 5.93. The van der Waals surface area contributed by atoms with Crippen LogP contribution in [0, 0.1) is 0 Å². The number of para-hydroxylation sites is 1. The van der Waals surface area contributed by atoms with Crippen molar-refractivity contribution in [3.63, 3.8) is 0 Å². The van der Waals surface area contributed by atoms with Crippen LogP contribution in [-0.2, 0) is 6.61 Å². The molecule has 2 nitrogen and oxygen atoms in total. The minimum absolute atomic E-state index is 0. The molecule has 0 bridgehead atoms. The molecule has 2 aromatic carbocycles. The van der Waals surface area contributed by atoms with E-state index in [0.29, 0.717) is 6.61 Å². The number of hydrogen-bond acceptors (Lipinski definition) is 1. The number of ether oxygens (including phenoxy) is 1. The van der Waals surface area contributed by atoms with Crippen molar-refractivity contribution in [2.75, 3.05) is 6.54 Å². The Morgan fingerprint density at radius 1 is 1.00 bits per heavy atom. The van der Waals surface area contributed by atoms with Gasteiger partial charge in [-0.3, -0.25) is 0 Å². The van der Waals surface area contributed by atoms with Gasteiger partial charge in [0.2, 0.25) is 0 Å². The number of halogens is 1. The minimum Gasteiger partial charge on any atom is -1.00 e. The van der Waals surface area contributed by atoms with Crippen molar-refractivity contribution in [2.24, 2.45) is 0 Å². The number of hydrogen-bond donors (Lipinski definition) is 1. The first-order chi connectivity index (χ1) is 9.40. The second-order valence-electron chi connectivity index (χ2n) is 4.70. The fourth-order valence-electron chi connectivity index (χ4n) is 2.49. The zero-order valence-electron chi connectivity index (χ0n) is 11.3. The lowest BCUT2D eigenvalue weighted by molar-refractivity contribution is -0.365. The molecule has 3 rings (SSSR count). The molecular formula is C17H18ClNO. The van der Waals surface area contributed by atoms with Gasteiger partial charge in [-0.15, -0.1) is 0 Å². The Morgan fingerprint density at radius 3 is 2.50 bits per heavy atom. The van der Waals surface area contributed by atoms with Crippen LogP contribution < -0.4 is 22.9 Å². The van der Waals surface area contributed by atoms with E-state index < -0.39 is 0 Å². The molecule has 0 aromatic heterocycles. The Kier molecular flexibility index (Phi) is 4.83. The van der Waals surface area contributed by atoms with Crippen LogP contribution in [0.15, 0.2) is 54.6 Å². The first-order valence-electron chi connectivity index (χ1n) is 6.70. The van der Waals surface area contributed by atoms with Gasteiger partial charge in [0.1, 0.15) is 12.4 Å². The summed E-state index contributed by atoms with van der Waals surface area (Å²) in [4.78, 5) is 0. The first-order valence-corrected chi connectivity index (χ1v) is 6.70. The molecule has 0 saturated heterocycles. The molecule has 104 valence electrons. The molecule has 20 heavy (non-hydrogen) atoms. The van der Waals surface area contributed by atoms with Crippen LogP contribution in [0.3, 0.4) is 0 Å². The second kappa shape index (κ2) is 6.60. The predicted octanol–water partition coefficient (Wildman–Crippen LogP) is -0.353. The highest BCUT2D eigenvalue weighted by atomic mass is 35.5. The zero-order valence-corrected chi connectivity index (χ0v) is 12.1. The third-order valence-corrected chi connectivity index (χ3v) is 3.42. The average molecular weight is 288 g/mol. The Hall–Kier alpha value is -1.77. The molecular weight excluding hydrogens is 270 g/mol. The van der Waals surface area contributed by atoms with E-state index in [2.05, 4.69) is 48.2 Å². The van der Waals surface area contributed by atoms with Gasteiger partial charge < -0.3 is 22.9 Å². The van der Waals surface area contributed by atoms with Gasteiger partial charge in [0.05, 0.1) is 6.54 Å². The maximum absolute atomic E-state index is 5.93. The monoisotopic (exact) mass is 287 g/mol. The van der Waals surface area contributed by atoms with E-state index in [1.165, 1.54) is 22.3 Å². The predicted molar refractivity (Wildman–Crippen MR) is 76.7 cm³/mol. The van der Waals surface area contributed by atoms with Crippen molar-refractivity contribution in [3.8, 4) is 5.75 Å². The Morgan fingerprint density at radius 2 is 1.70 bits per heavy atom. The normalized spacial score (nSPS) is 14.6. The van der Waals surface area contributed by atoms with Crippen LogP contribution >= 0.6 is 0 Å². The minimum atomic E-state index is 0. The van der Waals surface area contributed by atoms with Crippen LogP contribution in [0.1, 0.15) is 23.1 Å². The maximum Gasteiger partial charge on any atom is 0.127 e. The quantitative estimate of drug-likeness (QED) is 0.805. The van der Waals surface area contributed by atoms with Crippen molar-refractivity contribution in [3.05, 3.63) is 71.3 Å². The van der Waals surface area contributed by atoms with Crippen molar-refractivity contribution in [1.29, 1.82) is 0 Å². The van der Waals surface area contributed by atoms with Gasteiger partial charge in [0.25, 0.3) is 0 Å². The fraction of sp³-hybridized carbons (Fsp3) is 0.176. The summed E-state index contributed by atoms with van der Waals surface area (Å²) in [6.45, 7) is 1.55. The highest BCUT2D eigenvalue weighted by Crippen LogP contribution is 2.36. The molecule has 0 saturated carbocycles. The SMILES string of the molecule is [Cl-].[NH3+]CCC=C1c2ccccc2COc2ccccc21. The topological polar surface area (TPSA) is 36.9 Å². The van der Waals surface area contributed by atoms with E-state index in [0.717, 1.165) is 18.7 Å². The molecule has 0 aliphatic carbocycles. The number of rotatable bonds is 2. The fourth-order valence-corrected chi connectivity index (χ4v) is 2.49. The third-order valence-electron chi connectivity index (χ3n) is 3.42. The molecule has 1 heterocycles. The summed E-state index contributed by atoms with van der Waals surface area (Å²) in [5.41, 5.74) is 8.90. The summed E-state index contributed by atoms with van der Waals surface area (Å²) in [6, 6.07) is 16.7. The van der Waals surface area contributed by atoms with E-state index >= 15 is 0 Å². The molecule has 2 aromatic rings. The van der Waals surface area contributed by atoms with E-state index in [1.807, 2.05) is 12.1 Å². The van der Waals surface area contributed by atoms with Crippen LogP contribution in [0.4, 0.5) is 0 Å². The van der Waals surface area contributed by atoms with Gasteiger partial charge >= 0.3 is 0 Å². The van der Waals surface area contributed by atoms with Crippen molar-refractivity contribution < 1.29 is 22.9 Å². The molecule has 0 spiro atoms. The largest absolute Gasteiger partial charge is 1.00 e. The summed E-state index contributed by atoms with van der Waals surface area (Å²) in [5.74, 6) is 0.967. The van der Waals surface area contributed by atoms with E-state index in [9.17, 15) is 0 Å². The van der Waals surface area contributed by atoms with Crippen LogP contribution in [0.5, 0.6) is 5.75 Å². The smallest absolute Gasteiger partial charge is 0.127 e. The first kappa shape index (κ1) is 14.6. The third kappa shape index (κ3) is 2.72. The summed E-state index contributed by atoms with van der Waals surface area (Å²) in [7, 11) is 0. The molecule has 3 heteroatoms. The van der Waals surface area contributed by atoms with Gasteiger partial charge in [0, 0.05) is 12.0 Å².